The number of carbonyl (C=O) groups excluding carboxylic acids is 2. The van der Waals surface area contributed by atoms with E-state index in [4.69, 9.17) is 35.3 Å². The fourth-order valence-electron chi connectivity index (χ4n) is 13.2. The molecule has 0 amide bonds. The van der Waals surface area contributed by atoms with Crippen molar-refractivity contribution in [1.29, 1.82) is 21.0 Å². The molecule has 0 atom stereocenters. The van der Waals surface area contributed by atoms with Gasteiger partial charge in [0.15, 0.2) is 0 Å². The first kappa shape index (κ1) is 80.6. The molecule has 0 saturated heterocycles. The Balaban J connectivity index is 0.000000133. The lowest BCUT2D eigenvalue weighted by Crippen LogP contribution is -2.43. The molecule has 12 aromatic rings. The van der Waals surface area contributed by atoms with E-state index in [1.54, 1.807) is 84.7 Å². The van der Waals surface area contributed by atoms with Crippen molar-refractivity contribution < 1.29 is 48.9 Å². The van der Waals surface area contributed by atoms with E-state index in [-0.39, 0.29) is 11.9 Å². The van der Waals surface area contributed by atoms with E-state index in [0.717, 1.165) is 152 Å². The molecule has 560 valence electrons. The number of pyridine rings is 4. The summed E-state index contributed by atoms with van der Waals surface area (Å²) in [4.78, 5) is 70.0. The fraction of sp³-hybridized carbons (Fsp3) is 0.227. The van der Waals surface area contributed by atoms with Crippen LogP contribution in [0, 0.1) is 45.3 Å². The summed E-state index contributed by atoms with van der Waals surface area (Å²) >= 11 is 9.60. The molecule has 16 rings (SSSR count). The van der Waals surface area contributed by atoms with Gasteiger partial charge in [0.2, 0.25) is 0 Å². The molecule has 0 spiro atoms. The van der Waals surface area contributed by atoms with Gasteiger partial charge in [-0.3, -0.25) is 39.1 Å². The SMILES string of the molecule is CCOC(=O)C1(Sc2ccnc3ccc(-c4cccc(C#N)c4)cc23)CCC1.CCOC(=O)C1(Sc2ccnc3ccc(Br)cc23)CCC1.N#Cc1cccc(-c2ccc3nccc(SC4(C(=O)O)CCC4)c3c2)c1.N#Cc1cccc(-c2ccc3nccc(SC4(C(=O)O)CCC4)c3c2)c1.N#Cc1cccc(B(O)O)c1. The van der Waals surface area contributed by atoms with Crippen LogP contribution in [-0.4, -0.2) is 103 Å². The van der Waals surface area contributed by atoms with Crippen LogP contribution in [0.1, 0.15) is 113 Å². The highest BCUT2D eigenvalue weighted by Gasteiger charge is 2.49. The van der Waals surface area contributed by atoms with Gasteiger partial charge in [0.05, 0.1) is 81.8 Å². The molecule has 4 saturated carbocycles. The Kier molecular flexibility index (Phi) is 26.3. The number of carbonyl (C=O) groups is 4. The highest BCUT2D eigenvalue weighted by molar-refractivity contribution is 9.10. The molecule has 18 nitrogen and oxygen atoms in total. The zero-order chi connectivity index (χ0) is 79.0. The number of fused-ring (bicyclic) bond motifs is 4. The summed E-state index contributed by atoms with van der Waals surface area (Å²) < 4.78 is 9.31. The van der Waals surface area contributed by atoms with Gasteiger partial charge in [0, 0.05) is 70.4 Å². The molecule has 8 aromatic carbocycles. The highest BCUT2D eigenvalue weighted by Crippen LogP contribution is 2.54. The van der Waals surface area contributed by atoms with Crippen molar-refractivity contribution in [2.45, 2.75) is 129 Å². The molecule has 4 aliphatic rings. The van der Waals surface area contributed by atoms with Crippen molar-refractivity contribution in [3.8, 4) is 57.7 Å². The second-order valence-electron chi connectivity index (χ2n) is 27.1. The predicted molar refractivity (Wildman–Crippen MR) is 444 cm³/mol. The summed E-state index contributed by atoms with van der Waals surface area (Å²) in [7, 11) is -1.50. The van der Waals surface area contributed by atoms with Gasteiger partial charge in [-0.1, -0.05) is 82.7 Å². The maximum atomic E-state index is 12.6. The van der Waals surface area contributed by atoms with E-state index in [9.17, 15) is 34.7 Å². The van der Waals surface area contributed by atoms with Crippen molar-refractivity contribution in [3.05, 3.63) is 246 Å². The van der Waals surface area contributed by atoms with Crippen LogP contribution >= 0.6 is 63.0 Å². The number of aromatic nitrogens is 4. The number of esters is 2. The summed E-state index contributed by atoms with van der Waals surface area (Å²) in [5.41, 5.74) is 12.1. The number of nitriles is 4. The van der Waals surface area contributed by atoms with Crippen LogP contribution in [0.25, 0.3) is 77.0 Å². The third-order valence-corrected chi connectivity index (χ3v) is 26.7. The minimum Gasteiger partial charge on any atom is -0.480 e. The van der Waals surface area contributed by atoms with Crippen molar-refractivity contribution in [1.82, 2.24) is 19.9 Å². The molecule has 112 heavy (non-hydrogen) atoms. The smallest absolute Gasteiger partial charge is 0.480 e. The number of benzene rings is 8. The summed E-state index contributed by atoms with van der Waals surface area (Å²) in [6, 6.07) is 68.9. The van der Waals surface area contributed by atoms with Gasteiger partial charge in [-0.05, 0) is 257 Å². The number of aliphatic carboxylic acids is 2. The van der Waals surface area contributed by atoms with Gasteiger partial charge < -0.3 is 29.7 Å². The quantitative estimate of drug-likeness (QED) is 0.0458. The van der Waals surface area contributed by atoms with Crippen molar-refractivity contribution in [3.63, 3.8) is 0 Å². The minimum absolute atomic E-state index is 0.0822. The number of hydrogen-bond acceptors (Lipinski definition) is 20. The van der Waals surface area contributed by atoms with Crippen LogP contribution in [0.2, 0.25) is 0 Å². The summed E-state index contributed by atoms with van der Waals surface area (Å²) in [5, 5.41) is 76.5. The minimum atomic E-state index is -1.50. The Morgan fingerprint density at radius 1 is 0.393 bits per heavy atom. The molecule has 4 aliphatic carbocycles. The van der Waals surface area contributed by atoms with Crippen molar-refractivity contribution in [2.75, 3.05) is 13.2 Å². The number of carboxylic acids is 2. The van der Waals surface area contributed by atoms with Crippen LogP contribution in [0.4, 0.5) is 0 Å². The molecular weight excluding hydrogens is 1550 g/mol. The van der Waals surface area contributed by atoms with Crippen molar-refractivity contribution in [2.24, 2.45) is 0 Å². The Morgan fingerprint density at radius 3 is 0.964 bits per heavy atom. The lowest BCUT2D eigenvalue weighted by atomic mass is 9.80. The van der Waals surface area contributed by atoms with Crippen LogP contribution in [-0.2, 0) is 28.7 Å². The summed E-state index contributed by atoms with van der Waals surface area (Å²) in [5.74, 6) is -1.68. The lowest BCUT2D eigenvalue weighted by molar-refractivity contribution is -0.149. The van der Waals surface area contributed by atoms with Gasteiger partial charge in [-0.25, -0.2) is 0 Å². The van der Waals surface area contributed by atoms with Gasteiger partial charge in [-0.2, -0.15) is 21.0 Å². The van der Waals surface area contributed by atoms with Crippen molar-refractivity contribution >= 4 is 143 Å². The van der Waals surface area contributed by atoms with E-state index in [0.29, 0.717) is 66.6 Å². The molecule has 4 aromatic heterocycles. The molecular formula is C88H74BBrN8O10S4. The Hall–Kier alpha value is -10.9. The molecule has 0 aliphatic heterocycles. The van der Waals surface area contributed by atoms with Gasteiger partial charge >= 0.3 is 31.0 Å². The zero-order valence-corrected chi connectivity index (χ0v) is 65.9. The number of halogens is 1. The first-order chi connectivity index (χ1) is 54.2. The predicted octanol–water partition coefficient (Wildman–Crippen LogP) is 18.9. The van der Waals surface area contributed by atoms with Crippen LogP contribution < -0.4 is 5.46 Å². The number of nitrogens with zero attached hydrogens (tertiary/aromatic N) is 8. The van der Waals surface area contributed by atoms with E-state index >= 15 is 0 Å². The molecule has 4 N–H and O–H groups in total. The first-order valence-corrected chi connectivity index (χ1v) is 40.5. The third kappa shape index (κ3) is 18.5. The second kappa shape index (κ2) is 36.5. The molecule has 24 heteroatoms. The molecule has 4 fully saturated rings. The average molecular weight is 1620 g/mol. The largest absolute Gasteiger partial charge is 0.488 e. The first-order valence-electron chi connectivity index (χ1n) is 36.4. The maximum Gasteiger partial charge on any atom is 0.488 e. The monoisotopic (exact) mass is 1620 g/mol. The van der Waals surface area contributed by atoms with Crippen LogP contribution in [0.3, 0.4) is 0 Å². The van der Waals surface area contributed by atoms with E-state index in [1.807, 2.05) is 159 Å². The second-order valence-corrected chi connectivity index (χ2v) is 33.8. The van der Waals surface area contributed by atoms with Crippen LogP contribution in [0.5, 0.6) is 0 Å². The molecule has 0 unspecified atom stereocenters. The fourth-order valence-corrected chi connectivity index (χ4v) is 19.3. The Bertz CT molecular complexity index is 5560. The average Bonchev–Trinajstić information content (AvgIpc) is 0.782. The topological polar surface area (TPSA) is 314 Å². The maximum absolute atomic E-state index is 12.6. The number of thioether (sulfide) groups is 4. The Labute approximate surface area is 674 Å². The van der Waals surface area contributed by atoms with E-state index < -0.39 is 38.0 Å². The lowest BCUT2D eigenvalue weighted by Gasteiger charge is -2.38. The number of carboxylic acid groups (broad SMARTS) is 2. The Morgan fingerprint density at radius 2 is 0.679 bits per heavy atom. The number of rotatable bonds is 18. The molecule has 4 heterocycles. The molecule has 0 bridgehead atoms. The number of hydrogen-bond donors (Lipinski definition) is 4. The van der Waals surface area contributed by atoms with Crippen LogP contribution in [0.15, 0.2) is 243 Å². The number of ether oxygens (including phenoxy) is 2. The van der Waals surface area contributed by atoms with Gasteiger partial charge in [-0.15, -0.1) is 47.0 Å². The standard InChI is InChI=1S/C23H20N2O2S.2C21H16N2O2S.C16H16BrNO2S.C7H6BNO2/c1-2-27-22(26)23(10-4-11-23)28-21-9-12-25-20-8-7-18(14-19(20)21)17-6-3-5-16(13-17)15-24;2*22-13-14-3-1-4-15(11-14)16-5-6-18-17(12-16)19(7-10-23-18)26-21(20(24)25)8-2-9-21;1-2-20-15(19)16(7-3-8-16)21-14-6-9-18-13-5-4-11(17)10-12(13)14;9-5-6-2-1-3-7(4-6)8(10)11/h3,5-9,12-14H,2,4,10-11H2,1H3;2*1,3-7,10-12H,2,8-9H2,(H,24,25);4-6,9-10H,2-3,7-8H2,1H3;1-4,10-11H. The molecule has 0 radical (unpaired) electrons. The normalized spacial score (nSPS) is 14.7. The zero-order valence-electron chi connectivity index (χ0n) is 61.1. The highest BCUT2D eigenvalue weighted by atomic mass is 79.9. The third-order valence-electron chi connectivity index (χ3n) is 20.0. The van der Waals surface area contributed by atoms with Gasteiger partial charge in [0.1, 0.15) is 19.0 Å². The summed E-state index contributed by atoms with van der Waals surface area (Å²) in [6.45, 7) is 4.54. The summed E-state index contributed by atoms with van der Waals surface area (Å²) in [6.07, 6.45) is 17.3. The van der Waals surface area contributed by atoms with E-state index in [2.05, 4.69) is 66.2 Å². The van der Waals surface area contributed by atoms with E-state index in [1.165, 1.54) is 29.6 Å². The van der Waals surface area contributed by atoms with Gasteiger partial charge in [0.25, 0.3) is 0 Å².